The summed E-state index contributed by atoms with van der Waals surface area (Å²) in [7, 11) is 0. The molecule has 9 heteroatoms. The van der Waals surface area contributed by atoms with E-state index < -0.39 is 30.4 Å². The lowest BCUT2D eigenvalue weighted by Crippen LogP contribution is -2.50. The van der Waals surface area contributed by atoms with Crippen molar-refractivity contribution in [3.8, 4) is 0 Å². The summed E-state index contributed by atoms with van der Waals surface area (Å²) < 4.78 is 0. The summed E-state index contributed by atoms with van der Waals surface area (Å²) in [4.78, 5) is 43.7. The first-order chi connectivity index (χ1) is 8.38. The van der Waals surface area contributed by atoms with Crippen LogP contribution in [0, 0.1) is 0 Å². The highest BCUT2D eigenvalue weighted by Crippen LogP contribution is 1.99. The summed E-state index contributed by atoms with van der Waals surface area (Å²) in [5.41, 5.74) is 4.86. The first kappa shape index (κ1) is 13.7. The van der Waals surface area contributed by atoms with Gasteiger partial charge in [-0.3, -0.25) is 9.59 Å². The van der Waals surface area contributed by atoms with Crippen LogP contribution in [0.15, 0.2) is 0 Å². The molecule has 2 atom stereocenters. The largest absolute Gasteiger partial charge is 0.480 e. The molecule has 0 aliphatic carbocycles. The number of carboxylic acid groups (broad SMARTS) is 1. The van der Waals surface area contributed by atoms with E-state index in [0.29, 0.717) is 6.54 Å². The third kappa shape index (κ3) is 4.28. The molecule has 0 radical (unpaired) electrons. The van der Waals surface area contributed by atoms with Crippen LogP contribution in [-0.2, 0) is 14.4 Å². The first-order valence-electron chi connectivity index (χ1n) is 5.23. The van der Waals surface area contributed by atoms with Gasteiger partial charge in [0, 0.05) is 13.0 Å². The standard InChI is InChI=1S/C9H14N4O5/c10-6(14)2-5(8(16)17)13-9(18)12-4-1-7(15)11-3-4/h4-5H,1-3H2,(H2,10,14)(H,11,15)(H,16,17)(H2,12,13,18)/t4?,5-/m1/s1. The lowest BCUT2D eigenvalue weighted by molar-refractivity contribution is -0.140. The van der Waals surface area contributed by atoms with E-state index in [1.807, 2.05) is 0 Å². The molecule has 1 heterocycles. The lowest BCUT2D eigenvalue weighted by Gasteiger charge is -2.16. The highest BCUT2D eigenvalue weighted by molar-refractivity contribution is 5.88. The zero-order valence-corrected chi connectivity index (χ0v) is 9.43. The van der Waals surface area contributed by atoms with Crippen molar-refractivity contribution in [3.05, 3.63) is 0 Å². The normalized spacial score (nSPS) is 19.8. The quantitative estimate of drug-likeness (QED) is 0.369. The van der Waals surface area contributed by atoms with E-state index in [4.69, 9.17) is 10.8 Å². The van der Waals surface area contributed by atoms with Gasteiger partial charge in [-0.25, -0.2) is 9.59 Å². The molecule has 1 fully saturated rings. The van der Waals surface area contributed by atoms with E-state index in [2.05, 4.69) is 16.0 Å². The fourth-order valence-corrected chi connectivity index (χ4v) is 1.49. The third-order valence-electron chi connectivity index (χ3n) is 2.32. The third-order valence-corrected chi connectivity index (χ3v) is 2.32. The summed E-state index contributed by atoms with van der Waals surface area (Å²) in [6.07, 6.45) is -0.356. The molecule has 0 aromatic heterocycles. The summed E-state index contributed by atoms with van der Waals surface area (Å²) >= 11 is 0. The maximum atomic E-state index is 11.4. The molecule has 18 heavy (non-hydrogen) atoms. The van der Waals surface area contributed by atoms with E-state index >= 15 is 0 Å². The second kappa shape index (κ2) is 5.84. The SMILES string of the molecule is NC(=O)C[C@@H](NC(=O)NC1CNC(=O)C1)C(=O)O. The van der Waals surface area contributed by atoms with Crippen LogP contribution in [0.4, 0.5) is 4.79 Å². The number of nitrogens with two attached hydrogens (primary N) is 1. The molecule has 6 N–H and O–H groups in total. The Morgan fingerprint density at radius 2 is 2.17 bits per heavy atom. The van der Waals surface area contributed by atoms with Crippen molar-refractivity contribution in [3.63, 3.8) is 0 Å². The number of hydrogen-bond donors (Lipinski definition) is 5. The molecular formula is C9H14N4O5. The van der Waals surface area contributed by atoms with E-state index in [-0.39, 0.29) is 18.4 Å². The number of carboxylic acids is 1. The topological polar surface area (TPSA) is 151 Å². The zero-order chi connectivity index (χ0) is 13.7. The van der Waals surface area contributed by atoms with Crippen LogP contribution < -0.4 is 21.7 Å². The minimum absolute atomic E-state index is 0.140. The number of rotatable bonds is 5. The molecule has 4 amide bonds. The van der Waals surface area contributed by atoms with E-state index in [9.17, 15) is 19.2 Å². The fraction of sp³-hybridized carbons (Fsp3) is 0.556. The van der Waals surface area contributed by atoms with Gasteiger partial charge in [-0.1, -0.05) is 0 Å². The average molecular weight is 258 g/mol. The van der Waals surface area contributed by atoms with E-state index in [1.54, 1.807) is 0 Å². The number of carbonyl (C=O) groups is 4. The van der Waals surface area contributed by atoms with E-state index in [1.165, 1.54) is 0 Å². The van der Waals surface area contributed by atoms with Crippen LogP contribution >= 0.6 is 0 Å². The molecule has 1 saturated heterocycles. The van der Waals surface area contributed by atoms with Crippen LogP contribution in [0.3, 0.4) is 0 Å². The molecule has 0 saturated carbocycles. The van der Waals surface area contributed by atoms with Gasteiger partial charge < -0.3 is 26.8 Å². The van der Waals surface area contributed by atoms with Crippen molar-refractivity contribution in [2.45, 2.75) is 24.9 Å². The maximum absolute atomic E-state index is 11.4. The van der Waals surface area contributed by atoms with Crippen LogP contribution in [-0.4, -0.2) is 47.5 Å². The average Bonchev–Trinajstić information content (AvgIpc) is 2.62. The van der Waals surface area contributed by atoms with Gasteiger partial charge in [0.25, 0.3) is 0 Å². The molecule has 1 aliphatic heterocycles. The van der Waals surface area contributed by atoms with Gasteiger partial charge in [-0.2, -0.15) is 0 Å². The predicted octanol–water partition coefficient (Wildman–Crippen LogP) is -2.50. The van der Waals surface area contributed by atoms with Crippen LogP contribution in [0.25, 0.3) is 0 Å². The molecular weight excluding hydrogens is 244 g/mol. The van der Waals surface area contributed by atoms with Crippen molar-refractivity contribution in [1.82, 2.24) is 16.0 Å². The Morgan fingerprint density at radius 3 is 2.61 bits per heavy atom. The smallest absolute Gasteiger partial charge is 0.326 e. The van der Waals surface area contributed by atoms with Gasteiger partial charge in [0.15, 0.2) is 0 Å². The second-order valence-electron chi connectivity index (χ2n) is 3.88. The number of amides is 4. The zero-order valence-electron chi connectivity index (χ0n) is 9.43. The molecule has 0 aromatic rings. The minimum Gasteiger partial charge on any atom is -0.480 e. The van der Waals surface area contributed by atoms with Crippen molar-refractivity contribution < 1.29 is 24.3 Å². The number of urea groups is 1. The molecule has 100 valence electrons. The molecule has 1 rings (SSSR count). The monoisotopic (exact) mass is 258 g/mol. The molecule has 1 unspecified atom stereocenters. The molecule has 0 spiro atoms. The Kier molecular flexibility index (Phi) is 4.46. The van der Waals surface area contributed by atoms with Gasteiger partial charge in [-0.15, -0.1) is 0 Å². The molecule has 9 nitrogen and oxygen atoms in total. The molecule has 1 aliphatic rings. The Balaban J connectivity index is 2.43. The highest BCUT2D eigenvalue weighted by atomic mass is 16.4. The number of hydrogen-bond acceptors (Lipinski definition) is 4. The van der Waals surface area contributed by atoms with Gasteiger partial charge in [0.2, 0.25) is 11.8 Å². The molecule has 0 aromatic carbocycles. The Morgan fingerprint density at radius 1 is 1.50 bits per heavy atom. The van der Waals surface area contributed by atoms with Crippen molar-refractivity contribution in [2.24, 2.45) is 5.73 Å². The van der Waals surface area contributed by atoms with Crippen LogP contribution in [0.5, 0.6) is 0 Å². The predicted molar refractivity (Wildman–Crippen MR) is 58.3 cm³/mol. The van der Waals surface area contributed by atoms with Crippen molar-refractivity contribution in [1.29, 1.82) is 0 Å². The Bertz CT molecular complexity index is 383. The van der Waals surface area contributed by atoms with Crippen LogP contribution in [0.2, 0.25) is 0 Å². The van der Waals surface area contributed by atoms with Crippen molar-refractivity contribution in [2.75, 3.05) is 6.54 Å². The summed E-state index contributed by atoms with van der Waals surface area (Å²) in [5.74, 6) is -2.38. The van der Waals surface area contributed by atoms with Gasteiger partial charge >= 0.3 is 12.0 Å². The van der Waals surface area contributed by atoms with Gasteiger partial charge in [-0.05, 0) is 0 Å². The van der Waals surface area contributed by atoms with Crippen molar-refractivity contribution >= 4 is 23.8 Å². The lowest BCUT2D eigenvalue weighted by atomic mass is 10.2. The maximum Gasteiger partial charge on any atom is 0.326 e. The number of carbonyl (C=O) groups excluding carboxylic acids is 3. The number of nitrogens with one attached hydrogen (secondary N) is 3. The Hall–Kier alpha value is -2.32. The Labute approximate surface area is 102 Å². The second-order valence-corrected chi connectivity index (χ2v) is 3.88. The van der Waals surface area contributed by atoms with Crippen LogP contribution in [0.1, 0.15) is 12.8 Å². The number of aliphatic carboxylic acids is 1. The summed E-state index contributed by atoms with van der Waals surface area (Å²) in [5, 5.41) is 15.8. The summed E-state index contributed by atoms with van der Waals surface area (Å²) in [6.45, 7) is 0.291. The van der Waals surface area contributed by atoms with E-state index in [0.717, 1.165) is 0 Å². The molecule has 0 bridgehead atoms. The first-order valence-corrected chi connectivity index (χ1v) is 5.23. The van der Waals surface area contributed by atoms with Gasteiger partial charge in [0.1, 0.15) is 6.04 Å². The fourth-order valence-electron chi connectivity index (χ4n) is 1.49. The highest BCUT2D eigenvalue weighted by Gasteiger charge is 2.26. The van der Waals surface area contributed by atoms with Gasteiger partial charge in [0.05, 0.1) is 12.5 Å². The summed E-state index contributed by atoms with van der Waals surface area (Å²) in [6, 6.07) is -2.53. The number of primary amides is 1. The minimum atomic E-state index is -1.38.